The summed E-state index contributed by atoms with van der Waals surface area (Å²) in [4.78, 5) is 12.3. The predicted octanol–water partition coefficient (Wildman–Crippen LogP) is 3.66. The van der Waals surface area contributed by atoms with Crippen molar-refractivity contribution in [2.24, 2.45) is 0 Å². The fourth-order valence-electron chi connectivity index (χ4n) is 2.65. The number of nitrogens with zero attached hydrogens (tertiary/aromatic N) is 1. The molecule has 8 nitrogen and oxygen atoms in total. The van der Waals surface area contributed by atoms with Crippen molar-refractivity contribution in [3.63, 3.8) is 0 Å². The topological polar surface area (TPSA) is 94.2 Å². The molecule has 0 aliphatic carbocycles. The number of carbonyl (C=O) groups is 1. The van der Waals surface area contributed by atoms with Crippen molar-refractivity contribution < 1.29 is 27.4 Å². The number of amides is 1. The van der Waals surface area contributed by atoms with E-state index >= 15 is 0 Å². The van der Waals surface area contributed by atoms with Crippen LogP contribution in [0.5, 0.6) is 17.2 Å². The number of nitrogens with one attached hydrogen (secondary N) is 1. The van der Waals surface area contributed by atoms with Gasteiger partial charge in [0.25, 0.3) is 0 Å². The molecular weight excluding hydrogens is 444 g/mol. The number of hydrogen-bond acceptors (Lipinski definition) is 6. The molecule has 0 bridgehead atoms. The average Bonchev–Trinajstić information content (AvgIpc) is 2.72. The van der Waals surface area contributed by atoms with E-state index in [1.807, 2.05) is 0 Å². The second-order valence-electron chi connectivity index (χ2n) is 6.44. The molecule has 2 aromatic rings. The molecule has 0 saturated heterocycles. The van der Waals surface area contributed by atoms with E-state index in [9.17, 15) is 13.2 Å². The third-order valence-corrected chi connectivity index (χ3v) is 6.27. The third kappa shape index (κ3) is 5.90. The van der Waals surface area contributed by atoms with Gasteiger partial charge in [0.1, 0.15) is 10.6 Å². The number of benzene rings is 2. The van der Waals surface area contributed by atoms with Gasteiger partial charge in [0.2, 0.25) is 15.9 Å². The van der Waals surface area contributed by atoms with Crippen molar-refractivity contribution in [1.82, 2.24) is 4.31 Å². The molecular formula is C21H25ClN2O6S. The number of ether oxygens (including phenoxy) is 3. The lowest BCUT2D eigenvalue weighted by atomic mass is 10.2. The summed E-state index contributed by atoms with van der Waals surface area (Å²) in [6.45, 7) is 2.06. The van der Waals surface area contributed by atoms with Crippen molar-refractivity contribution in [3.05, 3.63) is 47.0 Å². The van der Waals surface area contributed by atoms with Gasteiger partial charge in [0.15, 0.2) is 11.5 Å². The molecule has 0 aliphatic rings. The lowest BCUT2D eigenvalue weighted by Crippen LogP contribution is -2.23. The van der Waals surface area contributed by atoms with Crippen LogP contribution in [0.15, 0.2) is 41.3 Å². The molecule has 0 heterocycles. The Kier molecular flexibility index (Phi) is 8.32. The maximum atomic E-state index is 12.6. The van der Waals surface area contributed by atoms with E-state index in [1.54, 1.807) is 31.2 Å². The van der Waals surface area contributed by atoms with E-state index in [0.717, 1.165) is 4.31 Å². The highest BCUT2D eigenvalue weighted by atomic mass is 35.5. The highest BCUT2D eigenvalue weighted by Gasteiger charge is 2.23. The molecule has 0 aromatic heterocycles. The molecule has 0 fully saturated rings. The fourth-order valence-corrected chi connectivity index (χ4v) is 4.00. The highest BCUT2D eigenvalue weighted by Crippen LogP contribution is 2.36. The first-order valence-electron chi connectivity index (χ1n) is 9.24. The minimum Gasteiger partial charge on any atom is -0.493 e. The summed E-state index contributed by atoms with van der Waals surface area (Å²) in [5.41, 5.74) is 0.934. The predicted molar refractivity (Wildman–Crippen MR) is 121 cm³/mol. The van der Waals surface area contributed by atoms with Crippen LogP contribution in [0.25, 0.3) is 6.08 Å². The number of rotatable bonds is 9. The van der Waals surface area contributed by atoms with Crippen molar-refractivity contribution in [2.45, 2.75) is 11.8 Å². The van der Waals surface area contributed by atoms with Crippen LogP contribution in [0.4, 0.5) is 5.69 Å². The average molecular weight is 469 g/mol. The van der Waals surface area contributed by atoms with Crippen LogP contribution in [0.2, 0.25) is 5.02 Å². The monoisotopic (exact) mass is 468 g/mol. The molecule has 0 unspecified atom stereocenters. The maximum absolute atomic E-state index is 12.6. The summed E-state index contributed by atoms with van der Waals surface area (Å²) in [6, 6.07) is 7.74. The Morgan fingerprint density at radius 2 is 1.84 bits per heavy atom. The zero-order valence-electron chi connectivity index (χ0n) is 17.9. The molecule has 0 aliphatic heterocycles. The zero-order valence-corrected chi connectivity index (χ0v) is 19.5. The molecule has 2 aromatic carbocycles. The molecule has 1 N–H and O–H groups in total. The van der Waals surface area contributed by atoms with E-state index in [1.165, 1.54) is 46.5 Å². The first-order valence-corrected chi connectivity index (χ1v) is 11.1. The van der Waals surface area contributed by atoms with Crippen molar-refractivity contribution in [1.29, 1.82) is 0 Å². The summed E-state index contributed by atoms with van der Waals surface area (Å²) in [5, 5.41) is 2.99. The molecule has 2 rings (SSSR count). The van der Waals surface area contributed by atoms with Gasteiger partial charge in [-0.15, -0.1) is 0 Å². The van der Waals surface area contributed by atoms with Crippen LogP contribution >= 0.6 is 11.6 Å². The Labute approximate surface area is 187 Å². The Morgan fingerprint density at radius 1 is 1.13 bits per heavy atom. The van der Waals surface area contributed by atoms with Gasteiger partial charge in [0, 0.05) is 25.9 Å². The summed E-state index contributed by atoms with van der Waals surface area (Å²) in [7, 11) is 2.05. The second-order valence-corrected chi connectivity index (χ2v) is 8.97. The number of carbonyl (C=O) groups excluding carboxylic acids is 1. The van der Waals surface area contributed by atoms with Gasteiger partial charge in [-0.2, -0.15) is 0 Å². The van der Waals surface area contributed by atoms with Gasteiger partial charge in [-0.3, -0.25) is 4.79 Å². The number of methoxy groups -OCH3 is 2. The molecule has 10 heteroatoms. The van der Waals surface area contributed by atoms with Crippen LogP contribution in [-0.4, -0.2) is 53.6 Å². The first kappa shape index (κ1) is 24.5. The second kappa shape index (κ2) is 10.5. The Morgan fingerprint density at radius 3 is 2.42 bits per heavy atom. The number of halogens is 1. The minimum absolute atomic E-state index is 0.0344. The zero-order chi connectivity index (χ0) is 23.2. The van der Waals surface area contributed by atoms with Crippen LogP contribution in [0, 0.1) is 0 Å². The summed E-state index contributed by atoms with van der Waals surface area (Å²) >= 11 is 6.17. The molecule has 1 amide bonds. The minimum atomic E-state index is -3.76. The van der Waals surface area contributed by atoms with Gasteiger partial charge in [0.05, 0.1) is 25.8 Å². The SMILES string of the molecule is CCOc1ccc(NC(=O)/C=C/c2cc(Cl)c(OC)c(OC)c2)cc1S(=O)(=O)N(C)C. The third-order valence-electron chi connectivity index (χ3n) is 4.15. The van der Waals surface area contributed by atoms with Gasteiger partial charge in [-0.1, -0.05) is 11.6 Å². The lowest BCUT2D eigenvalue weighted by molar-refractivity contribution is -0.111. The van der Waals surface area contributed by atoms with E-state index in [-0.39, 0.29) is 10.6 Å². The Hall–Kier alpha value is -2.75. The maximum Gasteiger partial charge on any atom is 0.248 e. The van der Waals surface area contributed by atoms with Crippen LogP contribution in [-0.2, 0) is 14.8 Å². The van der Waals surface area contributed by atoms with E-state index in [4.69, 9.17) is 25.8 Å². The lowest BCUT2D eigenvalue weighted by Gasteiger charge is -2.16. The summed E-state index contributed by atoms with van der Waals surface area (Å²) in [5.74, 6) is 0.586. The standard InChI is InChI=1S/C21H25ClN2O6S/c1-6-30-17-9-8-15(13-19(17)31(26,27)24(2)3)23-20(25)10-7-14-11-16(22)21(29-5)18(12-14)28-4/h7-13H,6H2,1-5H3,(H,23,25)/b10-7+. The summed E-state index contributed by atoms with van der Waals surface area (Å²) in [6.07, 6.45) is 2.85. The number of hydrogen-bond donors (Lipinski definition) is 1. The van der Waals surface area contributed by atoms with Gasteiger partial charge >= 0.3 is 0 Å². The van der Waals surface area contributed by atoms with E-state index < -0.39 is 15.9 Å². The normalized spacial score (nSPS) is 11.6. The molecule has 0 radical (unpaired) electrons. The quantitative estimate of drug-likeness (QED) is 0.564. The van der Waals surface area contributed by atoms with Gasteiger partial charge in [-0.05, 0) is 48.9 Å². The van der Waals surface area contributed by atoms with Gasteiger partial charge < -0.3 is 19.5 Å². The van der Waals surface area contributed by atoms with E-state index in [2.05, 4.69) is 5.32 Å². The fraction of sp³-hybridized carbons (Fsp3) is 0.286. The summed E-state index contributed by atoms with van der Waals surface area (Å²) < 4.78 is 42.1. The smallest absolute Gasteiger partial charge is 0.248 e. The molecule has 31 heavy (non-hydrogen) atoms. The van der Waals surface area contributed by atoms with Gasteiger partial charge in [-0.25, -0.2) is 12.7 Å². The van der Waals surface area contributed by atoms with Crippen LogP contribution in [0.1, 0.15) is 12.5 Å². The van der Waals surface area contributed by atoms with Crippen LogP contribution in [0.3, 0.4) is 0 Å². The molecule has 168 valence electrons. The number of sulfonamides is 1. The Balaban J connectivity index is 2.27. The van der Waals surface area contributed by atoms with Crippen LogP contribution < -0.4 is 19.5 Å². The van der Waals surface area contributed by atoms with Crippen molar-refractivity contribution >= 4 is 39.3 Å². The molecule has 0 atom stereocenters. The largest absolute Gasteiger partial charge is 0.493 e. The molecule has 0 saturated carbocycles. The van der Waals surface area contributed by atoms with Crippen molar-refractivity contribution in [3.8, 4) is 17.2 Å². The van der Waals surface area contributed by atoms with E-state index in [0.29, 0.717) is 34.4 Å². The first-order chi connectivity index (χ1) is 14.6. The van der Waals surface area contributed by atoms with Crippen molar-refractivity contribution in [2.75, 3.05) is 40.2 Å². The Bertz CT molecular complexity index is 1080. The number of anilines is 1. The highest BCUT2D eigenvalue weighted by molar-refractivity contribution is 7.89. The molecule has 0 spiro atoms.